The average molecular weight is 390 g/mol. The highest BCUT2D eigenvalue weighted by atomic mass is 19.2. The molecule has 0 aliphatic carbocycles. The summed E-state index contributed by atoms with van der Waals surface area (Å²) < 4.78 is 28.2. The average Bonchev–Trinajstić information content (AvgIpc) is 2.93. The van der Waals surface area contributed by atoms with Gasteiger partial charge < -0.3 is 9.80 Å². The molecule has 1 saturated heterocycles. The third kappa shape index (κ3) is 4.05. The summed E-state index contributed by atoms with van der Waals surface area (Å²) in [5, 5.41) is 4.37. The number of hydrogen-bond acceptors (Lipinski definition) is 3. The summed E-state index contributed by atoms with van der Waals surface area (Å²) in [6.45, 7) is 5.53. The van der Waals surface area contributed by atoms with Gasteiger partial charge in [-0.15, -0.1) is 0 Å². The Labute approximate surface area is 162 Å². The normalized spacial score (nSPS) is 14.5. The lowest BCUT2D eigenvalue weighted by molar-refractivity contribution is -0.132. The number of carbonyl (C=O) groups excluding carboxylic acids is 2. The first-order valence-electron chi connectivity index (χ1n) is 9.29. The topological polar surface area (TPSA) is 58.4 Å². The number of rotatable bonds is 4. The van der Waals surface area contributed by atoms with Crippen molar-refractivity contribution < 1.29 is 18.4 Å². The summed E-state index contributed by atoms with van der Waals surface area (Å²) >= 11 is 0. The zero-order valence-corrected chi connectivity index (χ0v) is 16.3. The molecule has 1 aromatic carbocycles. The molecule has 2 aromatic rings. The second kappa shape index (κ2) is 8.08. The molecule has 0 saturated carbocycles. The number of carbonyl (C=O) groups is 2. The van der Waals surface area contributed by atoms with Crippen LogP contribution in [0.3, 0.4) is 0 Å². The van der Waals surface area contributed by atoms with Crippen molar-refractivity contribution in [2.75, 3.05) is 26.2 Å². The van der Waals surface area contributed by atoms with E-state index in [2.05, 4.69) is 5.10 Å². The molecule has 0 spiro atoms. The van der Waals surface area contributed by atoms with Crippen molar-refractivity contribution in [3.63, 3.8) is 0 Å². The maximum absolute atomic E-state index is 13.4. The number of hydrogen-bond donors (Lipinski definition) is 0. The van der Waals surface area contributed by atoms with Crippen LogP contribution in [0.4, 0.5) is 8.78 Å². The van der Waals surface area contributed by atoms with Gasteiger partial charge in [-0.2, -0.15) is 5.10 Å². The Hall–Kier alpha value is -2.77. The highest BCUT2D eigenvalue weighted by Crippen LogP contribution is 2.16. The second-order valence-electron chi connectivity index (χ2n) is 7.07. The Morgan fingerprint density at radius 1 is 1.04 bits per heavy atom. The van der Waals surface area contributed by atoms with Crippen LogP contribution in [0.5, 0.6) is 0 Å². The third-order valence-corrected chi connectivity index (χ3v) is 5.33. The second-order valence-corrected chi connectivity index (χ2v) is 7.07. The van der Waals surface area contributed by atoms with Gasteiger partial charge in [-0.05, 0) is 44.0 Å². The molecular formula is C20H24F2N4O2. The van der Waals surface area contributed by atoms with E-state index < -0.39 is 11.6 Å². The lowest BCUT2D eigenvalue weighted by Gasteiger charge is -2.35. The van der Waals surface area contributed by atoms with Crippen LogP contribution in [0.15, 0.2) is 18.2 Å². The monoisotopic (exact) mass is 390 g/mol. The minimum Gasteiger partial charge on any atom is -0.339 e. The van der Waals surface area contributed by atoms with Crippen molar-refractivity contribution >= 4 is 11.8 Å². The Balaban J connectivity index is 1.53. The first kappa shape index (κ1) is 20.0. The number of halogens is 2. The minimum atomic E-state index is -1.04. The fourth-order valence-corrected chi connectivity index (χ4v) is 3.54. The Morgan fingerprint density at radius 2 is 1.68 bits per heavy atom. The summed E-state index contributed by atoms with van der Waals surface area (Å²) in [6.07, 6.45) is 1.03. The van der Waals surface area contributed by atoms with Crippen molar-refractivity contribution in [1.29, 1.82) is 0 Å². The molecule has 8 heteroatoms. The Morgan fingerprint density at radius 3 is 2.25 bits per heavy atom. The van der Waals surface area contributed by atoms with Gasteiger partial charge in [-0.3, -0.25) is 14.3 Å². The number of piperazine rings is 1. The molecule has 0 atom stereocenters. The number of aryl methyl sites for hydroxylation is 2. The first-order chi connectivity index (χ1) is 13.3. The van der Waals surface area contributed by atoms with E-state index in [4.69, 9.17) is 0 Å². The van der Waals surface area contributed by atoms with Gasteiger partial charge in [0.2, 0.25) is 5.91 Å². The minimum absolute atomic E-state index is 0.0441. The van der Waals surface area contributed by atoms with E-state index in [9.17, 15) is 18.4 Å². The molecule has 6 nitrogen and oxygen atoms in total. The number of aromatic nitrogens is 2. The van der Waals surface area contributed by atoms with E-state index in [0.29, 0.717) is 39.0 Å². The number of benzene rings is 1. The summed E-state index contributed by atoms with van der Waals surface area (Å²) in [5.74, 6) is -2.33. The van der Waals surface area contributed by atoms with E-state index in [0.717, 1.165) is 29.1 Å². The van der Waals surface area contributed by atoms with Crippen molar-refractivity contribution in [2.45, 2.75) is 26.7 Å². The van der Waals surface area contributed by atoms with Crippen molar-refractivity contribution in [3.8, 4) is 0 Å². The van der Waals surface area contributed by atoms with E-state index in [1.165, 1.54) is 6.07 Å². The molecule has 0 unspecified atom stereocenters. The highest BCUT2D eigenvalue weighted by molar-refractivity contribution is 5.94. The fraction of sp³-hybridized carbons (Fsp3) is 0.450. The molecule has 3 rings (SSSR count). The van der Waals surface area contributed by atoms with Gasteiger partial charge in [0.1, 0.15) is 0 Å². The molecule has 2 heterocycles. The van der Waals surface area contributed by atoms with Crippen LogP contribution in [0, 0.1) is 25.5 Å². The zero-order valence-electron chi connectivity index (χ0n) is 16.3. The van der Waals surface area contributed by atoms with Gasteiger partial charge >= 0.3 is 0 Å². The quantitative estimate of drug-likeness (QED) is 0.805. The van der Waals surface area contributed by atoms with Crippen molar-refractivity contribution in [2.24, 2.45) is 7.05 Å². The molecule has 0 bridgehead atoms. The van der Waals surface area contributed by atoms with Crippen LogP contribution >= 0.6 is 0 Å². The standard InChI is InChI=1S/C20H24F2N4O2/c1-13-16(14(2)24(3)23-13)5-7-19(27)25-8-10-26(11-9-25)20(28)15-4-6-17(21)18(22)12-15/h4,6,12H,5,7-11H2,1-3H3. The molecule has 28 heavy (non-hydrogen) atoms. The molecular weight excluding hydrogens is 366 g/mol. The Kier molecular flexibility index (Phi) is 5.76. The highest BCUT2D eigenvalue weighted by Gasteiger charge is 2.25. The van der Waals surface area contributed by atoms with E-state index in [1.54, 1.807) is 9.80 Å². The maximum Gasteiger partial charge on any atom is 0.254 e. The summed E-state index contributed by atoms with van der Waals surface area (Å²) in [5.41, 5.74) is 3.21. The molecule has 2 amide bonds. The van der Waals surface area contributed by atoms with Gasteiger partial charge in [0.05, 0.1) is 5.69 Å². The van der Waals surface area contributed by atoms with Crippen molar-refractivity contribution in [3.05, 3.63) is 52.3 Å². The molecule has 1 aromatic heterocycles. The first-order valence-corrected chi connectivity index (χ1v) is 9.29. The summed E-state index contributed by atoms with van der Waals surface area (Å²) in [4.78, 5) is 28.3. The fourth-order valence-electron chi connectivity index (χ4n) is 3.54. The van der Waals surface area contributed by atoms with Crippen LogP contribution in [-0.2, 0) is 18.3 Å². The van der Waals surface area contributed by atoms with Crippen LogP contribution < -0.4 is 0 Å². The molecule has 0 N–H and O–H groups in total. The number of amides is 2. The van der Waals surface area contributed by atoms with Crippen LogP contribution in [0.2, 0.25) is 0 Å². The zero-order chi connectivity index (χ0) is 20.4. The summed E-state index contributed by atoms with van der Waals surface area (Å²) in [7, 11) is 1.89. The Bertz CT molecular complexity index is 902. The van der Waals surface area contributed by atoms with Crippen LogP contribution in [0.25, 0.3) is 0 Å². The largest absolute Gasteiger partial charge is 0.339 e. The SMILES string of the molecule is Cc1nn(C)c(C)c1CCC(=O)N1CCN(C(=O)c2ccc(F)c(F)c2)CC1. The smallest absolute Gasteiger partial charge is 0.254 e. The van der Waals surface area contributed by atoms with Gasteiger partial charge in [-0.25, -0.2) is 8.78 Å². The van der Waals surface area contributed by atoms with E-state index in [-0.39, 0.29) is 17.4 Å². The molecule has 150 valence electrons. The van der Waals surface area contributed by atoms with Crippen molar-refractivity contribution in [1.82, 2.24) is 19.6 Å². The van der Waals surface area contributed by atoms with Gasteiger partial charge in [-0.1, -0.05) is 0 Å². The lowest BCUT2D eigenvalue weighted by Crippen LogP contribution is -2.50. The van der Waals surface area contributed by atoms with E-state index >= 15 is 0 Å². The lowest BCUT2D eigenvalue weighted by atomic mass is 10.1. The molecule has 1 aliphatic rings. The predicted octanol–water partition coefficient (Wildman–Crippen LogP) is 2.23. The number of nitrogens with zero attached hydrogens (tertiary/aromatic N) is 4. The van der Waals surface area contributed by atoms with Gasteiger partial charge in [0.25, 0.3) is 5.91 Å². The molecule has 1 aliphatic heterocycles. The van der Waals surface area contributed by atoms with Gasteiger partial charge in [0, 0.05) is 50.9 Å². The van der Waals surface area contributed by atoms with Crippen LogP contribution in [-0.4, -0.2) is 57.6 Å². The predicted molar refractivity (Wildman–Crippen MR) is 99.8 cm³/mol. The molecule has 0 radical (unpaired) electrons. The maximum atomic E-state index is 13.4. The third-order valence-electron chi connectivity index (χ3n) is 5.33. The summed E-state index contributed by atoms with van der Waals surface area (Å²) in [6, 6.07) is 3.13. The van der Waals surface area contributed by atoms with Crippen LogP contribution in [0.1, 0.15) is 33.7 Å². The van der Waals surface area contributed by atoms with Gasteiger partial charge in [0.15, 0.2) is 11.6 Å². The van der Waals surface area contributed by atoms with E-state index in [1.807, 2.05) is 25.6 Å². The molecule has 1 fully saturated rings.